The summed E-state index contributed by atoms with van der Waals surface area (Å²) < 4.78 is 5.41. The minimum Gasteiger partial charge on any atom is -0.496 e. The van der Waals surface area contributed by atoms with Crippen LogP contribution in [0.1, 0.15) is 36.7 Å². The van der Waals surface area contributed by atoms with E-state index in [1.807, 2.05) is 18.2 Å². The number of H-pyrrole nitrogens is 1. The van der Waals surface area contributed by atoms with Gasteiger partial charge < -0.3 is 4.74 Å². The lowest BCUT2D eigenvalue weighted by Gasteiger charge is -2.22. The topological polar surface area (TPSA) is 55.0 Å². The second-order valence-electron chi connectivity index (χ2n) is 5.48. The third-order valence-electron chi connectivity index (χ3n) is 3.09. The van der Waals surface area contributed by atoms with E-state index in [1.54, 1.807) is 7.11 Å². The van der Waals surface area contributed by atoms with E-state index in [4.69, 9.17) is 4.74 Å². The van der Waals surface area contributed by atoms with Gasteiger partial charge in [-0.1, -0.05) is 20.8 Å². The van der Waals surface area contributed by atoms with E-state index in [0.29, 0.717) is 5.56 Å². The molecule has 4 nitrogen and oxygen atoms in total. The van der Waals surface area contributed by atoms with Crippen LogP contribution in [-0.2, 0) is 5.41 Å². The zero-order chi connectivity index (χ0) is 14.0. The van der Waals surface area contributed by atoms with E-state index in [1.165, 1.54) is 6.20 Å². The maximum absolute atomic E-state index is 11.0. The van der Waals surface area contributed by atoms with Crippen LogP contribution in [0.15, 0.2) is 24.4 Å². The van der Waals surface area contributed by atoms with Gasteiger partial charge in [0.2, 0.25) is 0 Å². The lowest BCUT2D eigenvalue weighted by Crippen LogP contribution is -2.13. The molecular formula is C15H18N2O2. The number of aldehydes is 1. The van der Waals surface area contributed by atoms with E-state index in [2.05, 4.69) is 31.0 Å². The molecule has 1 aromatic heterocycles. The Morgan fingerprint density at radius 2 is 2.05 bits per heavy atom. The maximum atomic E-state index is 11.0. The van der Waals surface area contributed by atoms with Gasteiger partial charge in [-0.15, -0.1) is 0 Å². The first-order valence-electron chi connectivity index (χ1n) is 6.15. The summed E-state index contributed by atoms with van der Waals surface area (Å²) in [6.45, 7) is 6.38. The predicted molar refractivity (Wildman–Crippen MR) is 74.7 cm³/mol. The molecule has 2 rings (SSSR count). The van der Waals surface area contributed by atoms with Crippen molar-refractivity contribution in [1.29, 1.82) is 0 Å². The first kappa shape index (κ1) is 13.3. The van der Waals surface area contributed by atoms with E-state index < -0.39 is 0 Å². The Labute approximate surface area is 112 Å². The van der Waals surface area contributed by atoms with E-state index in [0.717, 1.165) is 28.9 Å². The zero-order valence-electron chi connectivity index (χ0n) is 11.7. The van der Waals surface area contributed by atoms with Gasteiger partial charge in [0.25, 0.3) is 0 Å². The first-order valence-corrected chi connectivity index (χ1v) is 6.15. The Balaban J connectivity index is 2.58. The Kier molecular flexibility index (Phi) is 3.42. The van der Waals surface area contributed by atoms with Crippen molar-refractivity contribution in [2.24, 2.45) is 0 Å². The van der Waals surface area contributed by atoms with Gasteiger partial charge in [-0.3, -0.25) is 9.89 Å². The van der Waals surface area contributed by atoms with Crippen LogP contribution in [0.2, 0.25) is 0 Å². The largest absolute Gasteiger partial charge is 0.496 e. The van der Waals surface area contributed by atoms with Crippen LogP contribution in [0.5, 0.6) is 5.75 Å². The van der Waals surface area contributed by atoms with Crippen molar-refractivity contribution in [3.05, 3.63) is 35.5 Å². The van der Waals surface area contributed by atoms with E-state index in [9.17, 15) is 4.79 Å². The van der Waals surface area contributed by atoms with Crippen LogP contribution in [0, 0.1) is 0 Å². The fourth-order valence-electron chi connectivity index (χ4n) is 2.07. The molecule has 0 radical (unpaired) electrons. The van der Waals surface area contributed by atoms with Gasteiger partial charge in [0.15, 0.2) is 6.29 Å². The summed E-state index contributed by atoms with van der Waals surface area (Å²) in [7, 11) is 1.66. The summed E-state index contributed by atoms with van der Waals surface area (Å²) in [5.74, 6) is 0.850. The number of methoxy groups -OCH3 is 1. The third kappa shape index (κ3) is 2.52. The molecular weight excluding hydrogens is 240 g/mol. The molecule has 100 valence electrons. The lowest BCUT2D eigenvalue weighted by molar-refractivity contribution is 0.112. The maximum Gasteiger partial charge on any atom is 0.153 e. The molecule has 0 spiro atoms. The fourth-order valence-corrected chi connectivity index (χ4v) is 2.07. The summed E-state index contributed by atoms with van der Waals surface area (Å²) in [6, 6.07) is 5.89. The highest BCUT2D eigenvalue weighted by atomic mass is 16.5. The lowest BCUT2D eigenvalue weighted by atomic mass is 9.85. The van der Waals surface area contributed by atoms with Gasteiger partial charge in [-0.25, -0.2) is 0 Å². The van der Waals surface area contributed by atoms with Gasteiger partial charge in [-0.2, -0.15) is 5.10 Å². The molecule has 1 N–H and O–H groups in total. The number of carbonyl (C=O) groups is 1. The molecule has 0 aliphatic rings. The number of rotatable bonds is 3. The number of hydrogen-bond donors (Lipinski definition) is 1. The molecule has 0 amide bonds. The highest BCUT2D eigenvalue weighted by molar-refractivity contribution is 5.85. The van der Waals surface area contributed by atoms with Crippen molar-refractivity contribution in [3.8, 4) is 17.0 Å². The molecule has 19 heavy (non-hydrogen) atoms. The molecule has 0 aliphatic heterocycles. The highest BCUT2D eigenvalue weighted by Gasteiger charge is 2.20. The number of aromatic amines is 1. The van der Waals surface area contributed by atoms with Crippen molar-refractivity contribution >= 4 is 6.29 Å². The molecule has 0 saturated carbocycles. The normalized spacial score (nSPS) is 11.4. The molecule has 1 aromatic carbocycles. The van der Waals surface area contributed by atoms with Gasteiger partial charge >= 0.3 is 0 Å². The van der Waals surface area contributed by atoms with Crippen LogP contribution >= 0.6 is 0 Å². The van der Waals surface area contributed by atoms with Crippen molar-refractivity contribution in [1.82, 2.24) is 10.2 Å². The average Bonchev–Trinajstić information content (AvgIpc) is 2.85. The van der Waals surface area contributed by atoms with Crippen LogP contribution in [0.3, 0.4) is 0 Å². The quantitative estimate of drug-likeness (QED) is 0.860. The molecule has 1 heterocycles. The highest BCUT2D eigenvalue weighted by Crippen LogP contribution is 2.34. The summed E-state index contributed by atoms with van der Waals surface area (Å²) in [5.41, 5.74) is 3.29. The van der Waals surface area contributed by atoms with Gasteiger partial charge in [0.1, 0.15) is 5.75 Å². The Bertz CT molecular complexity index is 594. The minimum atomic E-state index is -0.0390. The molecule has 0 atom stereocenters. The fraction of sp³-hybridized carbons (Fsp3) is 0.333. The van der Waals surface area contributed by atoms with Crippen LogP contribution in [0.25, 0.3) is 11.3 Å². The summed E-state index contributed by atoms with van der Waals surface area (Å²) >= 11 is 0. The second-order valence-corrected chi connectivity index (χ2v) is 5.48. The number of benzene rings is 1. The van der Waals surface area contributed by atoms with Crippen LogP contribution < -0.4 is 4.74 Å². The Morgan fingerprint density at radius 3 is 2.63 bits per heavy atom. The van der Waals surface area contributed by atoms with Crippen molar-refractivity contribution in [3.63, 3.8) is 0 Å². The van der Waals surface area contributed by atoms with Crippen LogP contribution in [-0.4, -0.2) is 23.6 Å². The van der Waals surface area contributed by atoms with Crippen molar-refractivity contribution < 1.29 is 9.53 Å². The molecule has 2 aromatic rings. The number of carbonyl (C=O) groups excluding carboxylic acids is 1. The number of nitrogens with zero attached hydrogens (tertiary/aromatic N) is 1. The predicted octanol–water partition coefficient (Wildman–Crippen LogP) is 3.20. The van der Waals surface area contributed by atoms with E-state index in [-0.39, 0.29) is 5.41 Å². The SMILES string of the molecule is COc1ccc(-c2[nH]ncc2C=O)cc1C(C)(C)C. The monoisotopic (exact) mass is 258 g/mol. The van der Waals surface area contributed by atoms with Crippen molar-refractivity contribution in [2.75, 3.05) is 7.11 Å². The first-order chi connectivity index (χ1) is 8.97. The van der Waals surface area contributed by atoms with Crippen LogP contribution in [0.4, 0.5) is 0 Å². The summed E-state index contributed by atoms with van der Waals surface area (Å²) in [6.07, 6.45) is 2.34. The number of aromatic nitrogens is 2. The number of hydrogen-bond acceptors (Lipinski definition) is 3. The Morgan fingerprint density at radius 1 is 1.32 bits per heavy atom. The smallest absolute Gasteiger partial charge is 0.153 e. The Hall–Kier alpha value is -2.10. The zero-order valence-corrected chi connectivity index (χ0v) is 11.7. The third-order valence-corrected chi connectivity index (χ3v) is 3.09. The molecule has 0 bridgehead atoms. The van der Waals surface area contributed by atoms with Gasteiger partial charge in [0.05, 0.1) is 24.6 Å². The molecule has 0 saturated heterocycles. The van der Waals surface area contributed by atoms with Gasteiger partial charge in [0, 0.05) is 11.1 Å². The van der Waals surface area contributed by atoms with Crippen molar-refractivity contribution in [2.45, 2.75) is 26.2 Å². The molecule has 0 aliphatic carbocycles. The average molecular weight is 258 g/mol. The minimum absolute atomic E-state index is 0.0390. The number of nitrogens with one attached hydrogen (secondary N) is 1. The standard InChI is InChI=1S/C15H18N2O2/c1-15(2,3)12-7-10(5-6-13(12)19-4)14-11(9-18)8-16-17-14/h5-9H,1-4H3,(H,16,17). The van der Waals surface area contributed by atoms with E-state index >= 15 is 0 Å². The molecule has 0 fully saturated rings. The summed E-state index contributed by atoms with van der Waals surface area (Å²) in [4.78, 5) is 11.0. The second kappa shape index (κ2) is 4.88. The molecule has 4 heteroatoms. The summed E-state index contributed by atoms with van der Waals surface area (Å²) in [5, 5.41) is 6.78. The molecule has 0 unspecified atom stereocenters. The number of ether oxygens (including phenoxy) is 1. The van der Waals surface area contributed by atoms with Gasteiger partial charge in [-0.05, 0) is 23.6 Å².